The van der Waals surface area contributed by atoms with Crippen LogP contribution in [0.1, 0.15) is 76.0 Å². The Morgan fingerprint density at radius 2 is 0.927 bits per heavy atom. The first-order valence-corrected chi connectivity index (χ1v) is 22.0. The Kier molecular flexibility index (Phi) is 8.90. The van der Waals surface area contributed by atoms with E-state index in [0.717, 1.165) is 22.9 Å². The Labute approximate surface area is 328 Å². The SMILES string of the molecule is CC(C)c1cc(C(C)C)c(B2c3ccccc3[Si](c3ccccc3)(c3ccccc3)c3cccc(N4c5ccccc5Oc5ccccc54)c32)c(C(C)C)c1. The van der Waals surface area contributed by atoms with E-state index in [9.17, 15) is 0 Å². The maximum atomic E-state index is 6.62. The first-order valence-electron chi connectivity index (χ1n) is 20.0. The third-order valence-corrected chi connectivity index (χ3v) is 16.9. The molecule has 7 aromatic rings. The average molecular weight is 730 g/mol. The molecule has 0 radical (unpaired) electrons. The van der Waals surface area contributed by atoms with Crippen LogP contribution < -0.4 is 46.8 Å². The van der Waals surface area contributed by atoms with E-state index in [-0.39, 0.29) is 6.71 Å². The summed E-state index contributed by atoms with van der Waals surface area (Å²) in [6.07, 6.45) is 0. The van der Waals surface area contributed by atoms with Crippen LogP contribution in [0.4, 0.5) is 17.1 Å². The van der Waals surface area contributed by atoms with Crippen molar-refractivity contribution in [2.75, 3.05) is 4.90 Å². The minimum absolute atomic E-state index is 0.00590. The normalized spacial score (nSPS) is 14.0. The van der Waals surface area contributed by atoms with Gasteiger partial charge in [-0.2, -0.15) is 0 Å². The second-order valence-electron chi connectivity index (χ2n) is 16.2. The van der Waals surface area contributed by atoms with Crippen LogP contribution in [0, 0.1) is 0 Å². The zero-order chi connectivity index (χ0) is 37.8. The largest absolute Gasteiger partial charge is 0.453 e. The van der Waals surface area contributed by atoms with E-state index < -0.39 is 8.07 Å². The highest BCUT2D eigenvalue weighted by Crippen LogP contribution is 2.49. The van der Waals surface area contributed by atoms with Gasteiger partial charge < -0.3 is 9.64 Å². The summed E-state index contributed by atoms with van der Waals surface area (Å²) in [4.78, 5) is 2.50. The molecule has 55 heavy (non-hydrogen) atoms. The number of fused-ring (bicyclic) bond motifs is 4. The molecule has 7 aromatic carbocycles. The van der Waals surface area contributed by atoms with Gasteiger partial charge in [0.15, 0.2) is 19.6 Å². The molecule has 0 unspecified atom stereocenters. The van der Waals surface area contributed by atoms with Gasteiger partial charge in [-0.3, -0.25) is 0 Å². The van der Waals surface area contributed by atoms with Crippen LogP contribution in [0.3, 0.4) is 0 Å². The molecule has 0 N–H and O–H groups in total. The van der Waals surface area contributed by atoms with Crippen LogP contribution in [-0.2, 0) is 0 Å². The number of rotatable bonds is 7. The minimum Gasteiger partial charge on any atom is -0.453 e. The Morgan fingerprint density at radius 3 is 1.47 bits per heavy atom. The molecular weight excluding hydrogens is 681 g/mol. The van der Waals surface area contributed by atoms with Gasteiger partial charge in [0.2, 0.25) is 6.71 Å². The third-order valence-electron chi connectivity index (χ3n) is 12.0. The smallest absolute Gasteiger partial charge is 0.244 e. The second-order valence-corrected chi connectivity index (χ2v) is 19.9. The number of nitrogens with zero attached hydrogens (tertiary/aromatic N) is 1. The molecule has 0 saturated heterocycles. The van der Waals surface area contributed by atoms with Gasteiger partial charge in [-0.05, 0) is 91.0 Å². The van der Waals surface area contributed by atoms with Crippen molar-refractivity contribution in [3.8, 4) is 11.5 Å². The molecule has 9 rings (SSSR count). The van der Waals surface area contributed by atoms with Crippen LogP contribution in [0.5, 0.6) is 11.5 Å². The minimum atomic E-state index is -2.90. The van der Waals surface area contributed by atoms with Crippen molar-refractivity contribution >= 4 is 69.0 Å². The number of para-hydroxylation sites is 4. The number of hydrogen-bond donors (Lipinski definition) is 0. The highest BCUT2D eigenvalue weighted by Gasteiger charge is 2.52. The first kappa shape index (κ1) is 35.1. The number of benzene rings is 7. The van der Waals surface area contributed by atoms with Crippen LogP contribution in [-0.4, -0.2) is 14.8 Å². The average Bonchev–Trinajstić information content (AvgIpc) is 3.22. The van der Waals surface area contributed by atoms with Crippen LogP contribution in [0.25, 0.3) is 0 Å². The van der Waals surface area contributed by atoms with Crippen molar-refractivity contribution in [1.29, 1.82) is 0 Å². The van der Waals surface area contributed by atoms with Crippen molar-refractivity contribution in [2.45, 2.75) is 59.3 Å². The van der Waals surface area contributed by atoms with E-state index in [2.05, 4.69) is 210 Å². The fourth-order valence-corrected chi connectivity index (χ4v) is 14.8. The zero-order valence-electron chi connectivity index (χ0n) is 32.8. The Morgan fingerprint density at radius 1 is 0.455 bits per heavy atom. The standard InChI is InChI=1S/C51H48BNOSi/c1-34(2)37-32-40(35(3)4)50(41(33-37)36(5)6)52-42-24-13-18-30-48(42)55(38-20-9-7-10-21-38,39-22-11-8-12-23-39)49-31-19-27-45(51(49)52)53-43-25-14-16-28-46(43)54-47-29-17-15-26-44(47)53/h7-36H,1-6H3. The van der Waals surface area contributed by atoms with Gasteiger partial charge in [-0.1, -0.05) is 186 Å². The van der Waals surface area contributed by atoms with Crippen molar-refractivity contribution in [2.24, 2.45) is 0 Å². The summed E-state index contributed by atoms with van der Waals surface area (Å²) in [6, 6.07) is 61.6. The molecule has 0 bridgehead atoms. The summed E-state index contributed by atoms with van der Waals surface area (Å²) in [7, 11) is -2.90. The molecule has 2 aliphatic rings. The summed E-state index contributed by atoms with van der Waals surface area (Å²) < 4.78 is 6.62. The van der Waals surface area contributed by atoms with Gasteiger partial charge in [-0.25, -0.2) is 0 Å². The molecule has 4 heteroatoms. The van der Waals surface area contributed by atoms with Crippen LogP contribution in [0.2, 0.25) is 0 Å². The number of ether oxygens (including phenoxy) is 1. The van der Waals surface area contributed by atoms with Gasteiger partial charge >= 0.3 is 0 Å². The third kappa shape index (κ3) is 5.53. The Bertz CT molecular complexity index is 2410. The molecule has 2 nitrogen and oxygen atoms in total. The summed E-state index contributed by atoms with van der Waals surface area (Å²) >= 11 is 0. The molecule has 0 atom stereocenters. The zero-order valence-corrected chi connectivity index (χ0v) is 33.8. The topological polar surface area (TPSA) is 12.5 Å². The number of hydrogen-bond acceptors (Lipinski definition) is 2. The van der Waals surface area contributed by atoms with E-state index in [1.165, 1.54) is 59.5 Å². The Hall–Kier alpha value is -5.58. The van der Waals surface area contributed by atoms with E-state index >= 15 is 0 Å². The quantitative estimate of drug-likeness (QED) is 0.152. The fraction of sp³-hybridized carbons (Fsp3) is 0.176. The summed E-state index contributed by atoms with van der Waals surface area (Å²) in [6.45, 7) is 14.2. The van der Waals surface area contributed by atoms with Crippen molar-refractivity contribution < 1.29 is 4.74 Å². The summed E-state index contributed by atoms with van der Waals surface area (Å²) in [5.41, 5.74) is 11.9. The molecule has 0 saturated carbocycles. The molecule has 2 aliphatic heterocycles. The van der Waals surface area contributed by atoms with E-state index in [1.54, 1.807) is 0 Å². The lowest BCUT2D eigenvalue weighted by molar-refractivity contribution is 0.477. The van der Waals surface area contributed by atoms with E-state index in [4.69, 9.17) is 4.74 Å². The lowest BCUT2D eigenvalue weighted by Crippen LogP contribution is -2.87. The van der Waals surface area contributed by atoms with Gasteiger partial charge in [0, 0.05) is 5.69 Å². The molecule has 0 spiro atoms. The van der Waals surface area contributed by atoms with Crippen molar-refractivity contribution in [3.63, 3.8) is 0 Å². The molecule has 270 valence electrons. The molecule has 2 heterocycles. The maximum absolute atomic E-state index is 6.62. The van der Waals surface area contributed by atoms with Crippen LogP contribution in [0.15, 0.2) is 164 Å². The fourth-order valence-electron chi connectivity index (χ4n) is 9.54. The Balaban J connectivity index is 1.50. The van der Waals surface area contributed by atoms with Gasteiger partial charge in [0.25, 0.3) is 0 Å². The lowest BCUT2D eigenvalue weighted by atomic mass is 9.34. The van der Waals surface area contributed by atoms with Crippen LogP contribution >= 0.6 is 0 Å². The van der Waals surface area contributed by atoms with Gasteiger partial charge in [-0.15, -0.1) is 0 Å². The van der Waals surface area contributed by atoms with Crippen molar-refractivity contribution in [1.82, 2.24) is 0 Å². The van der Waals surface area contributed by atoms with Gasteiger partial charge in [0.1, 0.15) is 0 Å². The highest BCUT2D eigenvalue weighted by molar-refractivity contribution is 7.26. The predicted octanol–water partition coefficient (Wildman–Crippen LogP) is 8.84. The summed E-state index contributed by atoms with van der Waals surface area (Å²) in [5.74, 6) is 2.85. The molecule has 0 amide bonds. The highest BCUT2D eigenvalue weighted by atomic mass is 28.3. The van der Waals surface area contributed by atoms with Crippen molar-refractivity contribution in [3.05, 3.63) is 180 Å². The maximum Gasteiger partial charge on any atom is 0.244 e. The molecule has 0 fully saturated rings. The van der Waals surface area contributed by atoms with E-state index in [0.29, 0.717) is 17.8 Å². The van der Waals surface area contributed by atoms with Gasteiger partial charge in [0.05, 0.1) is 11.4 Å². The predicted molar refractivity (Wildman–Crippen MR) is 238 cm³/mol. The lowest BCUT2D eigenvalue weighted by Gasteiger charge is -2.46. The molecule has 0 aliphatic carbocycles. The van der Waals surface area contributed by atoms with E-state index in [1.807, 2.05) is 0 Å². The second kappa shape index (κ2) is 13.9. The molecular formula is C51H48BNOSi. The number of anilines is 3. The molecule has 0 aromatic heterocycles. The monoisotopic (exact) mass is 729 g/mol. The summed E-state index contributed by atoms with van der Waals surface area (Å²) in [5, 5.41) is 5.72. The first-order chi connectivity index (χ1) is 26.8.